The molecule has 1 N–H and O–H groups in total. The van der Waals surface area contributed by atoms with Gasteiger partial charge in [0, 0.05) is 30.9 Å². The van der Waals surface area contributed by atoms with Crippen molar-refractivity contribution in [2.75, 3.05) is 18.4 Å². The van der Waals surface area contributed by atoms with Crippen LogP contribution >= 0.6 is 0 Å². The van der Waals surface area contributed by atoms with Gasteiger partial charge >= 0.3 is 0 Å². The van der Waals surface area contributed by atoms with Gasteiger partial charge in [-0.05, 0) is 51.0 Å². The first-order valence-electron chi connectivity index (χ1n) is 7.00. The van der Waals surface area contributed by atoms with Gasteiger partial charge in [-0.15, -0.1) is 0 Å². The summed E-state index contributed by atoms with van der Waals surface area (Å²) in [6.45, 7) is 5.36. The summed E-state index contributed by atoms with van der Waals surface area (Å²) in [6.07, 6.45) is 3.69. The second-order valence-electron chi connectivity index (χ2n) is 5.50. The van der Waals surface area contributed by atoms with Crippen LogP contribution in [0.1, 0.15) is 26.7 Å². The summed E-state index contributed by atoms with van der Waals surface area (Å²) in [4.78, 5) is 13.9. The Hall–Kier alpha value is -1.84. The molecule has 1 atom stereocenters. The van der Waals surface area contributed by atoms with Crippen LogP contribution in [0.4, 0.5) is 10.1 Å². The van der Waals surface area contributed by atoms with E-state index in [0.29, 0.717) is 6.54 Å². The molecule has 1 aliphatic heterocycles. The minimum absolute atomic E-state index is 0.0793. The van der Waals surface area contributed by atoms with Gasteiger partial charge in [-0.1, -0.05) is 5.57 Å². The second-order valence-corrected chi connectivity index (χ2v) is 5.50. The number of nitrogens with one attached hydrogen (secondary N) is 1. The van der Waals surface area contributed by atoms with Crippen molar-refractivity contribution in [1.29, 1.82) is 0 Å². The summed E-state index contributed by atoms with van der Waals surface area (Å²) >= 11 is 0. The number of allylic oxidation sites excluding steroid dienone is 1. The number of halogens is 1. The van der Waals surface area contributed by atoms with E-state index in [1.165, 1.54) is 12.1 Å². The molecule has 1 aromatic carbocycles. The Morgan fingerprint density at radius 1 is 1.35 bits per heavy atom. The van der Waals surface area contributed by atoms with Crippen molar-refractivity contribution in [3.8, 4) is 0 Å². The first-order valence-corrected chi connectivity index (χ1v) is 7.00. The maximum atomic E-state index is 12.9. The predicted octanol–water partition coefficient (Wildman–Crippen LogP) is 3.19. The summed E-state index contributed by atoms with van der Waals surface area (Å²) < 4.78 is 12.9. The summed E-state index contributed by atoms with van der Waals surface area (Å²) in [5.41, 5.74) is 1.91. The molecular weight excluding hydrogens is 255 g/mol. The largest absolute Gasteiger partial charge is 0.381 e. The molecule has 0 bridgehead atoms. The summed E-state index contributed by atoms with van der Waals surface area (Å²) in [5.74, 6) is -0.157. The molecule has 20 heavy (non-hydrogen) atoms. The number of carbonyl (C=O) groups is 1. The number of benzene rings is 1. The van der Waals surface area contributed by atoms with Crippen molar-refractivity contribution >= 4 is 11.6 Å². The molecule has 1 heterocycles. The van der Waals surface area contributed by atoms with E-state index in [2.05, 4.69) is 5.32 Å². The average molecular weight is 276 g/mol. The Kier molecular flexibility index (Phi) is 4.77. The average Bonchev–Trinajstić information content (AvgIpc) is 2.41. The summed E-state index contributed by atoms with van der Waals surface area (Å²) in [7, 11) is 0. The summed E-state index contributed by atoms with van der Waals surface area (Å²) in [5, 5.41) is 3.36. The number of hydrogen-bond donors (Lipinski definition) is 1. The molecule has 0 unspecified atom stereocenters. The van der Waals surface area contributed by atoms with Crippen molar-refractivity contribution in [3.05, 3.63) is 41.7 Å². The van der Waals surface area contributed by atoms with E-state index in [9.17, 15) is 9.18 Å². The second kappa shape index (κ2) is 6.55. The van der Waals surface area contributed by atoms with Gasteiger partial charge < -0.3 is 10.2 Å². The quantitative estimate of drug-likeness (QED) is 0.860. The number of amides is 1. The molecular formula is C16H21FN2O. The first kappa shape index (κ1) is 14.6. The number of likely N-dealkylation sites (tertiary alicyclic amines) is 1. The summed E-state index contributed by atoms with van der Waals surface area (Å²) in [6, 6.07) is 6.57. The van der Waals surface area contributed by atoms with Gasteiger partial charge in [0.15, 0.2) is 0 Å². The number of rotatable bonds is 3. The van der Waals surface area contributed by atoms with E-state index >= 15 is 0 Å². The Morgan fingerprint density at radius 2 is 2.05 bits per heavy atom. The van der Waals surface area contributed by atoms with Gasteiger partial charge in [-0.3, -0.25) is 4.79 Å². The van der Waals surface area contributed by atoms with Gasteiger partial charge in [0.25, 0.3) is 0 Å². The highest BCUT2D eigenvalue weighted by molar-refractivity contribution is 5.88. The van der Waals surface area contributed by atoms with E-state index in [0.717, 1.165) is 30.6 Å². The molecule has 0 aromatic heterocycles. The van der Waals surface area contributed by atoms with E-state index in [1.807, 2.05) is 18.7 Å². The fourth-order valence-electron chi connectivity index (χ4n) is 2.42. The normalized spacial score (nSPS) is 18.6. The lowest BCUT2D eigenvalue weighted by atomic mass is 10.0. The van der Waals surface area contributed by atoms with Crippen LogP contribution in [0.25, 0.3) is 0 Å². The third-order valence-electron chi connectivity index (χ3n) is 3.36. The molecule has 4 heteroatoms. The highest BCUT2D eigenvalue weighted by atomic mass is 19.1. The van der Waals surface area contributed by atoms with Crippen molar-refractivity contribution in [2.45, 2.75) is 32.7 Å². The standard InChI is InChI=1S/C16H21FN2O/c1-12(2)10-16(20)19-9-3-4-15(11-19)18-14-7-5-13(17)6-8-14/h5-8,10,15,18H,3-4,9,11H2,1-2H3/t15-/m0/s1. The van der Waals surface area contributed by atoms with E-state index < -0.39 is 0 Å². The number of carbonyl (C=O) groups excluding carboxylic acids is 1. The zero-order valence-corrected chi connectivity index (χ0v) is 12.0. The Morgan fingerprint density at radius 3 is 2.70 bits per heavy atom. The van der Waals surface area contributed by atoms with E-state index in [1.54, 1.807) is 18.2 Å². The number of anilines is 1. The molecule has 0 radical (unpaired) electrons. The third-order valence-corrected chi connectivity index (χ3v) is 3.36. The minimum atomic E-state index is -0.237. The van der Waals surface area contributed by atoms with Crippen LogP contribution in [-0.2, 0) is 4.79 Å². The Bertz CT molecular complexity index is 492. The molecule has 2 rings (SSSR count). The van der Waals surface area contributed by atoms with Crippen LogP contribution in [0.2, 0.25) is 0 Å². The van der Waals surface area contributed by atoms with Crippen molar-refractivity contribution in [2.24, 2.45) is 0 Å². The molecule has 1 aromatic rings. The lowest BCUT2D eigenvalue weighted by Gasteiger charge is -2.33. The number of hydrogen-bond acceptors (Lipinski definition) is 2. The molecule has 1 fully saturated rings. The van der Waals surface area contributed by atoms with Crippen molar-refractivity contribution < 1.29 is 9.18 Å². The van der Waals surface area contributed by atoms with Gasteiger partial charge in [0.1, 0.15) is 5.82 Å². The molecule has 3 nitrogen and oxygen atoms in total. The molecule has 0 spiro atoms. The van der Waals surface area contributed by atoms with Gasteiger partial charge in [0.2, 0.25) is 5.91 Å². The van der Waals surface area contributed by atoms with Crippen LogP contribution in [0.3, 0.4) is 0 Å². The predicted molar refractivity (Wildman–Crippen MR) is 79.1 cm³/mol. The Labute approximate surface area is 119 Å². The topological polar surface area (TPSA) is 32.3 Å². The monoisotopic (exact) mass is 276 g/mol. The first-order chi connectivity index (χ1) is 9.54. The van der Waals surface area contributed by atoms with Gasteiger partial charge in [-0.2, -0.15) is 0 Å². The molecule has 0 saturated carbocycles. The number of nitrogens with zero attached hydrogens (tertiary/aromatic N) is 1. The van der Waals surface area contributed by atoms with Gasteiger partial charge in [0.05, 0.1) is 0 Å². The maximum absolute atomic E-state index is 12.9. The molecule has 108 valence electrons. The van der Waals surface area contributed by atoms with E-state index in [-0.39, 0.29) is 17.8 Å². The zero-order chi connectivity index (χ0) is 14.5. The van der Waals surface area contributed by atoms with Crippen LogP contribution in [-0.4, -0.2) is 29.9 Å². The van der Waals surface area contributed by atoms with Crippen LogP contribution < -0.4 is 5.32 Å². The van der Waals surface area contributed by atoms with E-state index in [4.69, 9.17) is 0 Å². The smallest absolute Gasteiger partial charge is 0.246 e. The maximum Gasteiger partial charge on any atom is 0.246 e. The zero-order valence-electron chi connectivity index (χ0n) is 12.0. The lowest BCUT2D eigenvalue weighted by molar-refractivity contribution is -0.127. The minimum Gasteiger partial charge on any atom is -0.381 e. The molecule has 1 aliphatic rings. The fraction of sp³-hybridized carbons (Fsp3) is 0.438. The van der Waals surface area contributed by atoms with Crippen LogP contribution in [0.15, 0.2) is 35.9 Å². The highest BCUT2D eigenvalue weighted by Gasteiger charge is 2.22. The lowest BCUT2D eigenvalue weighted by Crippen LogP contribution is -2.44. The van der Waals surface area contributed by atoms with Gasteiger partial charge in [-0.25, -0.2) is 4.39 Å². The highest BCUT2D eigenvalue weighted by Crippen LogP contribution is 2.17. The fourth-order valence-corrected chi connectivity index (χ4v) is 2.42. The Balaban J connectivity index is 1.95. The molecule has 1 saturated heterocycles. The number of piperidine rings is 1. The molecule has 1 amide bonds. The van der Waals surface area contributed by atoms with Crippen molar-refractivity contribution in [1.82, 2.24) is 4.90 Å². The van der Waals surface area contributed by atoms with Crippen LogP contribution in [0.5, 0.6) is 0 Å². The van der Waals surface area contributed by atoms with Crippen LogP contribution in [0, 0.1) is 5.82 Å². The SMILES string of the molecule is CC(C)=CC(=O)N1CCC[C@H](Nc2ccc(F)cc2)C1. The molecule has 0 aliphatic carbocycles. The third kappa shape index (κ3) is 4.08. The van der Waals surface area contributed by atoms with Crippen molar-refractivity contribution in [3.63, 3.8) is 0 Å².